The van der Waals surface area contributed by atoms with Crippen LogP contribution < -0.4 is 0 Å². The summed E-state index contributed by atoms with van der Waals surface area (Å²) in [4.78, 5) is 15.1. The van der Waals surface area contributed by atoms with Crippen LogP contribution in [0.4, 0.5) is 0 Å². The summed E-state index contributed by atoms with van der Waals surface area (Å²) < 4.78 is 11.9. The number of rotatable bonds is 3. The Hall–Kier alpha value is -0.650. The first-order valence-corrected chi connectivity index (χ1v) is 10.7. The van der Waals surface area contributed by atoms with Crippen molar-refractivity contribution in [3.8, 4) is 0 Å². The average Bonchev–Trinajstić information content (AvgIpc) is 3.33. The van der Waals surface area contributed by atoms with Crippen LogP contribution >= 0.6 is 0 Å². The molecule has 3 saturated heterocycles. The molecule has 3 heterocycles. The second-order valence-electron chi connectivity index (χ2n) is 9.93. The van der Waals surface area contributed by atoms with Crippen LogP contribution in [0.1, 0.15) is 58.3 Å². The lowest BCUT2D eigenvalue weighted by molar-refractivity contribution is -0.147. The molecule has 5 rings (SSSR count). The van der Waals surface area contributed by atoms with Gasteiger partial charge in [0.15, 0.2) is 0 Å². The van der Waals surface area contributed by atoms with Crippen LogP contribution in [-0.2, 0) is 14.3 Å². The van der Waals surface area contributed by atoms with Crippen molar-refractivity contribution in [2.24, 2.45) is 23.2 Å². The molecule has 1 spiro atoms. The number of esters is 1. The Bertz CT molecular complexity index is 576. The lowest BCUT2D eigenvalue weighted by Crippen LogP contribution is -2.52. The average molecular weight is 363 g/mol. The zero-order valence-electron chi connectivity index (χ0n) is 16.0. The number of aliphatic hydroxyl groups excluding tert-OH is 1. The number of carbonyl (C=O) groups excluding carboxylic acids is 1. The van der Waals surface area contributed by atoms with E-state index in [1.54, 1.807) is 0 Å². The van der Waals surface area contributed by atoms with Crippen LogP contribution in [0, 0.1) is 23.2 Å². The molecule has 0 radical (unpaired) electrons. The van der Waals surface area contributed by atoms with Crippen molar-refractivity contribution in [3.05, 3.63) is 0 Å². The molecule has 0 bridgehead atoms. The lowest BCUT2D eigenvalue weighted by atomic mass is 9.53. The van der Waals surface area contributed by atoms with Gasteiger partial charge in [-0.15, -0.1) is 0 Å². The summed E-state index contributed by atoms with van der Waals surface area (Å²) >= 11 is 0. The third-order valence-electron chi connectivity index (χ3n) is 8.47. The van der Waals surface area contributed by atoms with Gasteiger partial charge in [0.25, 0.3) is 0 Å². The molecule has 0 aromatic carbocycles. The number of piperidine rings is 1. The van der Waals surface area contributed by atoms with Gasteiger partial charge in [0.05, 0.1) is 24.7 Å². The van der Waals surface area contributed by atoms with E-state index in [-0.39, 0.29) is 41.7 Å². The highest BCUT2D eigenvalue weighted by molar-refractivity contribution is 5.75. The van der Waals surface area contributed by atoms with Crippen LogP contribution in [0.25, 0.3) is 0 Å². The third-order valence-corrected chi connectivity index (χ3v) is 8.47. The minimum absolute atomic E-state index is 0.00951. The molecule has 1 N–H and O–H groups in total. The second-order valence-corrected chi connectivity index (χ2v) is 9.93. The highest BCUT2D eigenvalue weighted by Gasteiger charge is 2.65. The predicted molar refractivity (Wildman–Crippen MR) is 96.5 cm³/mol. The number of likely N-dealkylation sites (tertiary alicyclic amines) is 1. The Balaban J connectivity index is 1.35. The molecule has 5 nitrogen and oxygen atoms in total. The van der Waals surface area contributed by atoms with Gasteiger partial charge in [-0.1, -0.05) is 13.3 Å². The Labute approximate surface area is 156 Å². The molecule has 146 valence electrons. The van der Waals surface area contributed by atoms with E-state index >= 15 is 0 Å². The van der Waals surface area contributed by atoms with Gasteiger partial charge in [-0.3, -0.25) is 9.69 Å². The lowest BCUT2D eigenvalue weighted by Gasteiger charge is -2.51. The topological polar surface area (TPSA) is 62.3 Å². The predicted octanol–water partition coefficient (Wildman–Crippen LogP) is 2.36. The molecule has 5 fully saturated rings. The van der Waals surface area contributed by atoms with Crippen molar-refractivity contribution < 1.29 is 19.4 Å². The number of nitrogens with zero attached hydrogens (tertiary/aromatic N) is 1. The molecule has 7 atom stereocenters. The maximum absolute atomic E-state index is 12.8. The van der Waals surface area contributed by atoms with Crippen molar-refractivity contribution in [2.45, 2.75) is 76.0 Å². The summed E-state index contributed by atoms with van der Waals surface area (Å²) in [6.45, 7) is 5.30. The summed E-state index contributed by atoms with van der Waals surface area (Å²) in [6, 6.07) is 0.220. The van der Waals surface area contributed by atoms with Gasteiger partial charge in [0.2, 0.25) is 0 Å². The molecule has 3 aliphatic heterocycles. The van der Waals surface area contributed by atoms with Gasteiger partial charge < -0.3 is 14.6 Å². The molecule has 0 aromatic heterocycles. The summed E-state index contributed by atoms with van der Waals surface area (Å²) in [6.07, 6.45) is 9.27. The maximum atomic E-state index is 12.8. The first-order chi connectivity index (χ1) is 12.5. The first-order valence-electron chi connectivity index (χ1n) is 10.7. The van der Waals surface area contributed by atoms with Crippen molar-refractivity contribution in [1.29, 1.82) is 0 Å². The maximum Gasteiger partial charge on any atom is 0.310 e. The molecule has 0 unspecified atom stereocenters. The quantitative estimate of drug-likeness (QED) is 0.616. The van der Waals surface area contributed by atoms with Crippen molar-refractivity contribution in [2.75, 3.05) is 26.3 Å². The Morgan fingerprint density at radius 2 is 2.12 bits per heavy atom. The Morgan fingerprint density at radius 3 is 2.88 bits per heavy atom. The number of carbonyl (C=O) groups is 1. The van der Waals surface area contributed by atoms with Gasteiger partial charge >= 0.3 is 5.97 Å². The van der Waals surface area contributed by atoms with E-state index in [9.17, 15) is 9.90 Å². The van der Waals surface area contributed by atoms with Gasteiger partial charge in [0.1, 0.15) is 6.10 Å². The van der Waals surface area contributed by atoms with Crippen LogP contribution in [0.5, 0.6) is 0 Å². The molecule has 0 amide bonds. The Kier molecular flexibility index (Phi) is 4.15. The summed E-state index contributed by atoms with van der Waals surface area (Å²) in [5.41, 5.74) is 0.386. The number of fused-ring (bicyclic) bond motifs is 3. The monoisotopic (exact) mass is 363 g/mol. The van der Waals surface area contributed by atoms with Gasteiger partial charge in [0, 0.05) is 18.5 Å². The molecule has 2 saturated carbocycles. The van der Waals surface area contributed by atoms with Crippen molar-refractivity contribution in [3.63, 3.8) is 0 Å². The van der Waals surface area contributed by atoms with Crippen LogP contribution in [0.2, 0.25) is 0 Å². The third kappa shape index (κ3) is 2.65. The van der Waals surface area contributed by atoms with E-state index in [0.29, 0.717) is 11.8 Å². The fourth-order valence-corrected chi connectivity index (χ4v) is 6.93. The first kappa shape index (κ1) is 17.4. The van der Waals surface area contributed by atoms with Crippen molar-refractivity contribution in [1.82, 2.24) is 4.90 Å². The summed E-state index contributed by atoms with van der Waals surface area (Å²) in [7, 11) is 0. The number of hydrogen-bond acceptors (Lipinski definition) is 5. The zero-order chi connectivity index (χ0) is 17.9. The standard InChI is InChI=1S/C21H33NO4/c1-20-6-4-7-21(13-25-21)18(20)9-15-16(19(24)26-17(15)10-20)11-22-8-3-2-5-14(22)12-23/h14-18,23H,2-13H2,1H3/t14-,15-,16-,17-,18-,20-,21+/m1/s1. The second kappa shape index (κ2) is 6.18. The van der Waals surface area contributed by atoms with E-state index in [2.05, 4.69) is 11.8 Å². The highest BCUT2D eigenvalue weighted by atomic mass is 16.6. The summed E-state index contributed by atoms with van der Waals surface area (Å²) in [5.74, 6) is 0.905. The molecular weight excluding hydrogens is 330 g/mol. The number of hydrogen-bond donors (Lipinski definition) is 1. The van der Waals surface area contributed by atoms with E-state index in [1.165, 1.54) is 32.1 Å². The molecule has 5 aliphatic rings. The molecule has 0 aromatic rings. The molecule has 26 heavy (non-hydrogen) atoms. The van der Waals surface area contributed by atoms with Gasteiger partial charge in [-0.25, -0.2) is 0 Å². The number of epoxide rings is 1. The Morgan fingerprint density at radius 1 is 1.27 bits per heavy atom. The van der Waals surface area contributed by atoms with Gasteiger partial charge in [-0.2, -0.15) is 0 Å². The molecule has 2 aliphatic carbocycles. The smallest absolute Gasteiger partial charge is 0.310 e. The van der Waals surface area contributed by atoms with Crippen LogP contribution in [0.3, 0.4) is 0 Å². The van der Waals surface area contributed by atoms with Crippen LogP contribution in [-0.4, -0.2) is 60.0 Å². The van der Waals surface area contributed by atoms with E-state index in [4.69, 9.17) is 9.47 Å². The SMILES string of the molecule is C[C@]12CCC[C@]3(CO3)[C@@H]1C[C@H]1[C@@H](C2)OC(=O)[C@@H]1CN1CCCC[C@@H]1CO. The fraction of sp³-hybridized carbons (Fsp3) is 0.952. The van der Waals surface area contributed by atoms with E-state index in [0.717, 1.165) is 39.0 Å². The summed E-state index contributed by atoms with van der Waals surface area (Å²) in [5, 5.41) is 9.72. The number of aliphatic hydroxyl groups is 1. The normalized spacial score (nSPS) is 51.0. The van der Waals surface area contributed by atoms with E-state index in [1.807, 2.05) is 0 Å². The highest BCUT2D eigenvalue weighted by Crippen LogP contribution is 2.62. The van der Waals surface area contributed by atoms with Crippen molar-refractivity contribution >= 4 is 5.97 Å². The van der Waals surface area contributed by atoms with E-state index < -0.39 is 0 Å². The minimum Gasteiger partial charge on any atom is -0.462 e. The molecule has 5 heteroatoms. The number of ether oxygens (including phenoxy) is 2. The fourth-order valence-electron chi connectivity index (χ4n) is 6.93. The largest absolute Gasteiger partial charge is 0.462 e. The minimum atomic E-state index is -0.0190. The molecular formula is C21H33NO4. The van der Waals surface area contributed by atoms with Crippen LogP contribution in [0.15, 0.2) is 0 Å². The van der Waals surface area contributed by atoms with Gasteiger partial charge in [-0.05, 0) is 62.8 Å². The zero-order valence-corrected chi connectivity index (χ0v) is 16.0.